The fourth-order valence-electron chi connectivity index (χ4n) is 3.09. The molecule has 2 atom stereocenters. The van der Waals surface area contributed by atoms with Crippen LogP contribution in [0.15, 0.2) is 18.2 Å². The van der Waals surface area contributed by atoms with Gasteiger partial charge in [0.25, 0.3) is 0 Å². The predicted molar refractivity (Wildman–Crippen MR) is 73.2 cm³/mol. The molecule has 2 bridgehead atoms. The Bertz CT molecular complexity index is 536. The van der Waals surface area contributed by atoms with Gasteiger partial charge in [0, 0.05) is 31.0 Å². The van der Waals surface area contributed by atoms with Gasteiger partial charge in [0.1, 0.15) is 23.2 Å². The SMILES string of the molecule is CN1C2COCC1CC(Oc1cc(F)ccc1C(=O)O)C2. The van der Waals surface area contributed by atoms with Crippen molar-refractivity contribution in [3.63, 3.8) is 0 Å². The van der Waals surface area contributed by atoms with E-state index in [0.29, 0.717) is 13.2 Å². The molecular formula is C15H18FNO4. The van der Waals surface area contributed by atoms with Crippen LogP contribution in [0.5, 0.6) is 5.75 Å². The number of carboxylic acids is 1. The van der Waals surface area contributed by atoms with E-state index in [1.54, 1.807) is 0 Å². The molecular weight excluding hydrogens is 277 g/mol. The lowest BCUT2D eigenvalue weighted by molar-refractivity contribution is -0.0880. The summed E-state index contributed by atoms with van der Waals surface area (Å²) < 4.78 is 24.7. The van der Waals surface area contributed by atoms with Crippen LogP contribution >= 0.6 is 0 Å². The van der Waals surface area contributed by atoms with Gasteiger partial charge >= 0.3 is 5.97 Å². The van der Waals surface area contributed by atoms with E-state index < -0.39 is 11.8 Å². The summed E-state index contributed by atoms with van der Waals surface area (Å²) in [5.41, 5.74) is -0.00302. The van der Waals surface area contributed by atoms with Crippen LogP contribution in [-0.2, 0) is 4.74 Å². The summed E-state index contributed by atoms with van der Waals surface area (Å²) in [4.78, 5) is 13.5. The van der Waals surface area contributed by atoms with Crippen molar-refractivity contribution >= 4 is 5.97 Å². The number of benzene rings is 1. The Balaban J connectivity index is 1.78. The molecule has 1 N–H and O–H groups in total. The molecule has 3 rings (SSSR count). The molecule has 5 nitrogen and oxygen atoms in total. The number of nitrogens with zero attached hydrogens (tertiary/aromatic N) is 1. The minimum absolute atomic E-state index is 0.00302. The van der Waals surface area contributed by atoms with Crippen molar-refractivity contribution in [3.05, 3.63) is 29.6 Å². The summed E-state index contributed by atoms with van der Waals surface area (Å²) in [6.07, 6.45) is 1.39. The van der Waals surface area contributed by atoms with Crippen LogP contribution in [-0.4, -0.2) is 54.4 Å². The van der Waals surface area contributed by atoms with Crippen molar-refractivity contribution in [2.45, 2.75) is 31.0 Å². The largest absolute Gasteiger partial charge is 0.489 e. The number of hydrogen-bond donors (Lipinski definition) is 1. The fraction of sp³-hybridized carbons (Fsp3) is 0.533. The number of morpholine rings is 1. The number of aromatic carboxylic acids is 1. The van der Waals surface area contributed by atoms with Gasteiger partial charge in [-0.05, 0) is 19.2 Å². The molecule has 2 aliphatic rings. The molecule has 0 spiro atoms. The Morgan fingerprint density at radius 1 is 1.38 bits per heavy atom. The second-order valence-corrected chi connectivity index (χ2v) is 5.67. The molecule has 1 aromatic rings. The molecule has 0 aliphatic carbocycles. The lowest BCUT2D eigenvalue weighted by Gasteiger charge is -2.46. The van der Waals surface area contributed by atoms with E-state index in [0.717, 1.165) is 25.0 Å². The number of carboxylic acid groups (broad SMARTS) is 1. The van der Waals surface area contributed by atoms with Gasteiger partial charge in [0.15, 0.2) is 0 Å². The van der Waals surface area contributed by atoms with Crippen molar-refractivity contribution in [3.8, 4) is 5.75 Å². The van der Waals surface area contributed by atoms with Crippen LogP contribution in [0.2, 0.25) is 0 Å². The topological polar surface area (TPSA) is 59.0 Å². The lowest BCUT2D eigenvalue weighted by atomic mass is 9.92. The number of piperidine rings is 1. The molecule has 2 saturated heterocycles. The third kappa shape index (κ3) is 2.87. The van der Waals surface area contributed by atoms with Crippen molar-refractivity contribution in [1.82, 2.24) is 4.90 Å². The van der Waals surface area contributed by atoms with E-state index in [9.17, 15) is 9.18 Å². The number of hydrogen-bond acceptors (Lipinski definition) is 4. The Kier molecular flexibility index (Phi) is 3.82. The number of likely N-dealkylation sites (N-methyl/N-ethyl adjacent to an activating group) is 1. The van der Waals surface area contributed by atoms with Gasteiger partial charge in [0.2, 0.25) is 0 Å². The summed E-state index contributed by atoms with van der Waals surface area (Å²) >= 11 is 0. The first-order valence-electron chi connectivity index (χ1n) is 7.04. The van der Waals surface area contributed by atoms with E-state index in [4.69, 9.17) is 14.6 Å². The smallest absolute Gasteiger partial charge is 0.339 e. The average Bonchev–Trinajstić information content (AvgIpc) is 2.39. The first kappa shape index (κ1) is 14.3. The predicted octanol–water partition coefficient (Wildman–Crippen LogP) is 1.76. The second-order valence-electron chi connectivity index (χ2n) is 5.67. The van der Waals surface area contributed by atoms with Crippen LogP contribution in [0.25, 0.3) is 0 Å². The maximum atomic E-state index is 13.4. The maximum absolute atomic E-state index is 13.4. The van der Waals surface area contributed by atoms with Crippen LogP contribution in [0.1, 0.15) is 23.2 Å². The molecule has 21 heavy (non-hydrogen) atoms. The summed E-state index contributed by atoms with van der Waals surface area (Å²) in [5.74, 6) is -1.50. The van der Waals surface area contributed by atoms with Gasteiger partial charge in [-0.15, -0.1) is 0 Å². The molecule has 1 aromatic carbocycles. The Labute approximate surface area is 122 Å². The van der Waals surface area contributed by atoms with Crippen LogP contribution in [0.3, 0.4) is 0 Å². The first-order valence-corrected chi connectivity index (χ1v) is 7.04. The molecule has 0 aromatic heterocycles. The average molecular weight is 295 g/mol. The molecule has 2 heterocycles. The monoisotopic (exact) mass is 295 g/mol. The molecule has 2 unspecified atom stereocenters. The first-order chi connectivity index (χ1) is 10.0. The third-order valence-electron chi connectivity index (χ3n) is 4.31. The van der Waals surface area contributed by atoms with Gasteiger partial charge in [-0.3, -0.25) is 4.90 Å². The summed E-state index contributed by atoms with van der Waals surface area (Å²) in [5, 5.41) is 9.16. The minimum atomic E-state index is -1.11. The van der Waals surface area contributed by atoms with Crippen LogP contribution in [0, 0.1) is 5.82 Å². The van der Waals surface area contributed by atoms with Gasteiger partial charge in [-0.25, -0.2) is 9.18 Å². The highest BCUT2D eigenvalue weighted by Gasteiger charge is 2.38. The normalized spacial score (nSPS) is 29.1. The number of rotatable bonds is 3. The zero-order valence-electron chi connectivity index (χ0n) is 11.8. The second kappa shape index (κ2) is 5.61. The van der Waals surface area contributed by atoms with Crippen LogP contribution in [0.4, 0.5) is 4.39 Å². The zero-order chi connectivity index (χ0) is 15.0. The Morgan fingerprint density at radius 2 is 2.05 bits per heavy atom. The maximum Gasteiger partial charge on any atom is 0.339 e. The standard InChI is InChI=1S/C15H18FNO4/c1-17-10-5-12(6-11(17)8-20-7-10)21-14-4-9(16)2-3-13(14)15(18)19/h2-4,10-12H,5-8H2,1H3,(H,18,19). The van der Waals surface area contributed by atoms with Gasteiger partial charge in [-0.1, -0.05) is 0 Å². The summed E-state index contributed by atoms with van der Waals surface area (Å²) in [6.45, 7) is 1.31. The van der Waals surface area contributed by atoms with E-state index >= 15 is 0 Å². The van der Waals surface area contributed by atoms with Gasteiger partial charge < -0.3 is 14.6 Å². The Hall–Kier alpha value is -1.66. The zero-order valence-corrected chi connectivity index (χ0v) is 11.8. The molecule has 0 radical (unpaired) electrons. The highest BCUT2D eigenvalue weighted by molar-refractivity contribution is 5.90. The molecule has 0 saturated carbocycles. The summed E-state index contributed by atoms with van der Waals surface area (Å²) in [7, 11) is 2.07. The van der Waals surface area contributed by atoms with E-state index in [2.05, 4.69) is 11.9 Å². The highest BCUT2D eigenvalue weighted by Crippen LogP contribution is 2.30. The highest BCUT2D eigenvalue weighted by atomic mass is 19.1. The molecule has 6 heteroatoms. The van der Waals surface area contributed by atoms with Crippen molar-refractivity contribution in [2.24, 2.45) is 0 Å². The van der Waals surface area contributed by atoms with Crippen LogP contribution < -0.4 is 4.74 Å². The van der Waals surface area contributed by atoms with Gasteiger partial charge in [-0.2, -0.15) is 0 Å². The molecule has 2 fully saturated rings. The fourth-order valence-corrected chi connectivity index (χ4v) is 3.09. The van der Waals surface area contributed by atoms with E-state index in [-0.39, 0.29) is 29.5 Å². The Morgan fingerprint density at radius 3 is 2.67 bits per heavy atom. The lowest BCUT2D eigenvalue weighted by Crippen LogP contribution is -2.57. The summed E-state index contributed by atoms with van der Waals surface area (Å²) in [6, 6.07) is 4.06. The van der Waals surface area contributed by atoms with Crippen molar-refractivity contribution in [2.75, 3.05) is 20.3 Å². The van der Waals surface area contributed by atoms with Crippen molar-refractivity contribution < 1.29 is 23.8 Å². The minimum Gasteiger partial charge on any atom is -0.489 e. The van der Waals surface area contributed by atoms with E-state index in [1.165, 1.54) is 6.07 Å². The number of halogens is 1. The van der Waals surface area contributed by atoms with Gasteiger partial charge in [0.05, 0.1) is 13.2 Å². The quantitative estimate of drug-likeness (QED) is 0.921. The van der Waals surface area contributed by atoms with Crippen molar-refractivity contribution in [1.29, 1.82) is 0 Å². The third-order valence-corrected chi connectivity index (χ3v) is 4.31. The number of carbonyl (C=O) groups is 1. The number of fused-ring (bicyclic) bond motifs is 2. The molecule has 2 aliphatic heterocycles. The number of ether oxygens (including phenoxy) is 2. The molecule has 114 valence electrons. The van der Waals surface area contributed by atoms with E-state index in [1.807, 2.05) is 0 Å². The molecule has 0 amide bonds.